The summed E-state index contributed by atoms with van der Waals surface area (Å²) in [6, 6.07) is 16.8. The molecule has 3 heterocycles. The van der Waals surface area contributed by atoms with E-state index in [-0.39, 0.29) is 49.3 Å². The van der Waals surface area contributed by atoms with Gasteiger partial charge in [0.25, 0.3) is 0 Å². The molecule has 5 rings (SSSR count). The van der Waals surface area contributed by atoms with Crippen LogP contribution in [-0.4, -0.2) is 86.9 Å². The highest BCUT2D eigenvalue weighted by Crippen LogP contribution is 2.61. The fraction of sp³-hybridized carbons (Fsp3) is 0.444. The Morgan fingerprint density at radius 3 is 2.47 bits per heavy atom. The van der Waals surface area contributed by atoms with Crippen molar-refractivity contribution in [3.63, 3.8) is 0 Å². The Morgan fingerprint density at radius 1 is 1.15 bits per heavy atom. The van der Waals surface area contributed by atoms with Crippen molar-refractivity contribution in [2.24, 2.45) is 11.8 Å². The van der Waals surface area contributed by atoms with Crippen LogP contribution in [0.1, 0.15) is 43.4 Å². The molecule has 3 fully saturated rings. The topological polar surface area (TPSA) is 125 Å². The number of nitrogens with zero attached hydrogens (tertiary/aromatic N) is 2. The molecule has 8 atom stereocenters. The van der Waals surface area contributed by atoms with E-state index in [4.69, 9.17) is 9.47 Å². The summed E-state index contributed by atoms with van der Waals surface area (Å²) in [5.74, 6) is -3.64. The first-order chi connectivity index (χ1) is 22.7. The average Bonchev–Trinajstić information content (AvgIpc) is 3.68. The number of rotatable bonds is 15. The molecule has 0 radical (unpaired) electrons. The third kappa shape index (κ3) is 6.79. The summed E-state index contributed by atoms with van der Waals surface area (Å²) in [6.07, 6.45) is 2.83. The van der Waals surface area contributed by atoms with Gasteiger partial charge >= 0.3 is 5.97 Å². The number of carbonyl (C=O) groups is 4. The normalized spacial score (nSPS) is 27.1. The first-order valence-electron chi connectivity index (χ1n) is 16.0. The summed E-state index contributed by atoms with van der Waals surface area (Å²) in [5, 5.41) is 13.1. The molecule has 0 aliphatic carbocycles. The van der Waals surface area contributed by atoms with Crippen molar-refractivity contribution in [3.05, 3.63) is 97.1 Å². The molecule has 3 aliphatic heterocycles. The van der Waals surface area contributed by atoms with Gasteiger partial charge in [-0.05, 0) is 30.9 Å². The Bertz CT molecular complexity index is 1470. The predicted molar refractivity (Wildman–Crippen MR) is 179 cm³/mol. The van der Waals surface area contributed by atoms with Crippen molar-refractivity contribution in [3.8, 4) is 0 Å². The fourth-order valence-corrected chi connectivity index (χ4v) is 8.13. The van der Waals surface area contributed by atoms with Crippen molar-refractivity contribution < 1.29 is 33.8 Å². The number of fused-ring (bicyclic) bond motifs is 1. The standard InChI is InChI=1S/C36H42BrN3O7/c1-4-6-17-28(42)38-20-27(25-15-11-8-12-16-25)46-35(45)29-30-33(43)40(23(3)22-41)32(36(30)19-26(37)31(29)47-36)34(44)39(18-5-2)21-24-13-9-7-10-14-24/h4-5,7-16,23,26-27,29-32,41H,1-2,6,17-22H2,3H3,(H,38,42)/t23-,26?,27+,29+,30-,31+,32+,36-/m1/s1. The second-order valence-electron chi connectivity index (χ2n) is 12.4. The summed E-state index contributed by atoms with van der Waals surface area (Å²) in [6.45, 7) is 9.34. The van der Waals surface area contributed by atoms with Crippen LogP contribution in [0.25, 0.3) is 0 Å². The number of amides is 3. The van der Waals surface area contributed by atoms with Crippen LogP contribution < -0.4 is 5.32 Å². The Kier molecular flexibility index (Phi) is 11.0. The van der Waals surface area contributed by atoms with Gasteiger partial charge in [-0.1, -0.05) is 88.7 Å². The van der Waals surface area contributed by atoms with E-state index >= 15 is 0 Å². The minimum absolute atomic E-state index is 0.0379. The van der Waals surface area contributed by atoms with Gasteiger partial charge in [-0.3, -0.25) is 19.2 Å². The van der Waals surface area contributed by atoms with Gasteiger partial charge in [0.15, 0.2) is 0 Å². The number of likely N-dealkylation sites (tertiary alicyclic amines) is 1. The largest absolute Gasteiger partial charge is 0.455 e. The SMILES string of the molecule is C=CCCC(=O)NC[C@H](OC(=O)[C@@H]1[C@H]2O[C@@]3(CC2Br)[C@H](C(=O)N(CC=C)Cc2ccccc2)N([C@H](C)CO)C(=O)[C@@H]13)c1ccccc1. The number of hydrogen-bond acceptors (Lipinski definition) is 7. The second-order valence-corrected chi connectivity index (χ2v) is 13.6. The highest BCUT2D eigenvalue weighted by Gasteiger charge is 2.77. The molecule has 3 amide bonds. The van der Waals surface area contributed by atoms with Crippen LogP contribution in [0.2, 0.25) is 0 Å². The number of ether oxygens (including phenoxy) is 2. The summed E-state index contributed by atoms with van der Waals surface area (Å²) >= 11 is 3.69. The van der Waals surface area contributed by atoms with Crippen molar-refractivity contribution in [2.45, 2.75) is 67.5 Å². The maximum atomic E-state index is 14.6. The average molecular weight is 709 g/mol. The van der Waals surface area contributed by atoms with Crippen LogP contribution in [0, 0.1) is 11.8 Å². The highest BCUT2D eigenvalue weighted by molar-refractivity contribution is 9.09. The van der Waals surface area contributed by atoms with E-state index in [2.05, 4.69) is 34.4 Å². The van der Waals surface area contributed by atoms with Gasteiger partial charge in [0.05, 0.1) is 37.1 Å². The van der Waals surface area contributed by atoms with Gasteiger partial charge in [0.2, 0.25) is 17.7 Å². The zero-order valence-electron chi connectivity index (χ0n) is 26.5. The van der Waals surface area contributed by atoms with Crippen LogP contribution in [-0.2, 0) is 35.2 Å². The van der Waals surface area contributed by atoms with Crippen LogP contribution in [0.15, 0.2) is 86.0 Å². The van der Waals surface area contributed by atoms with E-state index in [0.29, 0.717) is 18.4 Å². The smallest absolute Gasteiger partial charge is 0.313 e. The number of carbonyl (C=O) groups excluding carboxylic acids is 4. The maximum Gasteiger partial charge on any atom is 0.313 e. The van der Waals surface area contributed by atoms with E-state index in [9.17, 15) is 24.3 Å². The van der Waals surface area contributed by atoms with E-state index < -0.39 is 53.6 Å². The Hall–Kier alpha value is -3.80. The lowest BCUT2D eigenvalue weighted by molar-refractivity contribution is -0.161. The van der Waals surface area contributed by atoms with Gasteiger partial charge in [-0.15, -0.1) is 13.2 Å². The third-order valence-electron chi connectivity index (χ3n) is 9.34. The van der Waals surface area contributed by atoms with Crippen molar-refractivity contribution >= 4 is 39.6 Å². The molecule has 11 heteroatoms. The molecule has 1 spiro atoms. The molecule has 10 nitrogen and oxygen atoms in total. The van der Waals surface area contributed by atoms with E-state index in [1.54, 1.807) is 36.1 Å². The van der Waals surface area contributed by atoms with Crippen molar-refractivity contribution in [1.82, 2.24) is 15.1 Å². The van der Waals surface area contributed by atoms with Crippen molar-refractivity contribution in [1.29, 1.82) is 0 Å². The van der Waals surface area contributed by atoms with Gasteiger partial charge < -0.3 is 29.7 Å². The van der Waals surface area contributed by atoms with E-state index in [1.165, 1.54) is 4.90 Å². The zero-order valence-corrected chi connectivity index (χ0v) is 28.1. The van der Waals surface area contributed by atoms with E-state index in [1.807, 2.05) is 48.5 Å². The number of alkyl halides is 1. The molecule has 0 saturated carbocycles. The fourth-order valence-electron chi connectivity index (χ4n) is 7.19. The molecule has 2 aromatic rings. The number of aliphatic hydroxyl groups excluding tert-OH is 1. The van der Waals surface area contributed by atoms with Gasteiger partial charge in [-0.25, -0.2) is 0 Å². The van der Waals surface area contributed by atoms with Crippen LogP contribution in [0.3, 0.4) is 0 Å². The Morgan fingerprint density at radius 2 is 1.83 bits per heavy atom. The maximum absolute atomic E-state index is 14.6. The molecule has 3 aliphatic rings. The summed E-state index contributed by atoms with van der Waals surface area (Å²) < 4.78 is 12.7. The lowest BCUT2D eigenvalue weighted by atomic mass is 9.70. The summed E-state index contributed by atoms with van der Waals surface area (Å²) in [7, 11) is 0. The van der Waals surface area contributed by atoms with Gasteiger partial charge in [0.1, 0.15) is 17.7 Å². The molecule has 47 heavy (non-hydrogen) atoms. The number of halogens is 1. The van der Waals surface area contributed by atoms with Gasteiger partial charge in [-0.2, -0.15) is 0 Å². The molecule has 0 aromatic heterocycles. The highest BCUT2D eigenvalue weighted by atomic mass is 79.9. The monoisotopic (exact) mass is 707 g/mol. The number of hydrogen-bond donors (Lipinski definition) is 2. The molecule has 3 saturated heterocycles. The zero-order chi connectivity index (χ0) is 33.7. The molecule has 1 unspecified atom stereocenters. The van der Waals surface area contributed by atoms with Crippen LogP contribution in [0.4, 0.5) is 0 Å². The minimum Gasteiger partial charge on any atom is -0.455 e. The minimum atomic E-state index is -1.32. The first-order valence-corrected chi connectivity index (χ1v) is 16.9. The predicted octanol–water partition coefficient (Wildman–Crippen LogP) is 3.70. The second kappa shape index (κ2) is 15.0. The molecule has 250 valence electrons. The lowest BCUT2D eigenvalue weighted by Crippen LogP contribution is -2.58. The van der Waals surface area contributed by atoms with Crippen LogP contribution in [0.5, 0.6) is 0 Å². The molecule has 2 aromatic carbocycles. The summed E-state index contributed by atoms with van der Waals surface area (Å²) in [4.78, 5) is 58.2. The number of aliphatic hydroxyl groups is 1. The lowest BCUT2D eigenvalue weighted by Gasteiger charge is -2.38. The Balaban J connectivity index is 1.46. The molecule has 2 bridgehead atoms. The third-order valence-corrected chi connectivity index (χ3v) is 10.2. The first kappa shape index (κ1) is 34.5. The van der Waals surface area contributed by atoms with E-state index in [0.717, 1.165) is 5.56 Å². The number of benzene rings is 2. The quantitative estimate of drug-likeness (QED) is 0.164. The Labute approximate surface area is 283 Å². The van der Waals surface area contributed by atoms with Crippen molar-refractivity contribution in [2.75, 3.05) is 19.7 Å². The number of nitrogens with one attached hydrogen (secondary N) is 1. The molecule has 2 N–H and O–H groups in total. The number of allylic oxidation sites excluding steroid dienone is 1. The molecular weight excluding hydrogens is 666 g/mol. The number of esters is 1. The summed E-state index contributed by atoms with van der Waals surface area (Å²) in [5.41, 5.74) is 0.265. The van der Waals surface area contributed by atoms with Crippen LogP contribution >= 0.6 is 15.9 Å². The van der Waals surface area contributed by atoms with Gasteiger partial charge in [0, 0.05) is 24.3 Å². The molecular formula is C36H42BrN3O7.